The van der Waals surface area contributed by atoms with E-state index in [1.165, 1.54) is 11.8 Å². The Balaban J connectivity index is 1.64. The molecule has 0 aliphatic carbocycles. The van der Waals surface area contributed by atoms with Gasteiger partial charge in [-0.1, -0.05) is 60.7 Å². The SMILES string of the molecule is CCOC(=O)C1=C(CNC(Cc2ccccc2)c2ccccc2)NC(=O)NC1c1ccco1. The largest absolute Gasteiger partial charge is 0.467 e. The molecule has 0 fully saturated rings. The number of ether oxygens (including phenoxy) is 1. The second-order valence-electron chi connectivity index (χ2n) is 7.69. The standard InChI is InChI=1S/C26H27N3O4/c1-2-32-25(30)23-21(28-26(31)29-24(23)22-14-9-15-33-22)17-27-20(19-12-7-4-8-13-19)16-18-10-5-3-6-11-18/h3-15,20,24,27H,2,16-17H2,1H3,(H2,28,29,31). The van der Waals surface area contributed by atoms with Crippen LogP contribution < -0.4 is 16.0 Å². The number of urea groups is 1. The van der Waals surface area contributed by atoms with Crippen molar-refractivity contribution in [3.05, 3.63) is 107 Å². The molecule has 4 rings (SSSR count). The van der Waals surface area contributed by atoms with Gasteiger partial charge in [0.1, 0.15) is 11.8 Å². The molecule has 2 unspecified atom stereocenters. The minimum atomic E-state index is -0.728. The first-order valence-corrected chi connectivity index (χ1v) is 11.0. The van der Waals surface area contributed by atoms with E-state index in [0.29, 0.717) is 17.0 Å². The lowest BCUT2D eigenvalue weighted by Gasteiger charge is -2.29. The summed E-state index contributed by atoms with van der Waals surface area (Å²) in [4.78, 5) is 25.3. The van der Waals surface area contributed by atoms with Crippen LogP contribution in [0.15, 0.2) is 94.7 Å². The Morgan fingerprint density at radius 3 is 2.45 bits per heavy atom. The highest BCUT2D eigenvalue weighted by atomic mass is 16.5. The Hall–Kier alpha value is -3.84. The van der Waals surface area contributed by atoms with Crippen LogP contribution in [-0.4, -0.2) is 25.2 Å². The van der Waals surface area contributed by atoms with Crippen LogP contribution in [0.4, 0.5) is 4.79 Å². The number of rotatable bonds is 9. The minimum Gasteiger partial charge on any atom is -0.467 e. The van der Waals surface area contributed by atoms with Crippen molar-refractivity contribution in [2.75, 3.05) is 13.2 Å². The first-order chi connectivity index (χ1) is 16.2. The Kier molecular flexibility index (Phi) is 7.22. The fourth-order valence-corrected chi connectivity index (χ4v) is 3.94. The van der Waals surface area contributed by atoms with Gasteiger partial charge in [0.05, 0.1) is 18.4 Å². The molecule has 0 spiro atoms. The van der Waals surface area contributed by atoms with Crippen LogP contribution in [0.2, 0.25) is 0 Å². The van der Waals surface area contributed by atoms with E-state index in [9.17, 15) is 9.59 Å². The highest BCUT2D eigenvalue weighted by molar-refractivity contribution is 5.95. The van der Waals surface area contributed by atoms with Gasteiger partial charge in [-0.25, -0.2) is 9.59 Å². The quantitative estimate of drug-likeness (QED) is 0.433. The molecular formula is C26H27N3O4. The Morgan fingerprint density at radius 1 is 1.06 bits per heavy atom. The fourth-order valence-electron chi connectivity index (χ4n) is 3.94. The van der Waals surface area contributed by atoms with Gasteiger partial charge in [0.15, 0.2) is 0 Å². The third-order valence-electron chi connectivity index (χ3n) is 5.49. The predicted molar refractivity (Wildman–Crippen MR) is 124 cm³/mol. The Morgan fingerprint density at radius 2 is 1.79 bits per heavy atom. The average molecular weight is 446 g/mol. The van der Waals surface area contributed by atoms with Crippen molar-refractivity contribution in [1.82, 2.24) is 16.0 Å². The molecule has 3 aromatic rings. The summed E-state index contributed by atoms with van der Waals surface area (Å²) in [6, 6.07) is 22.6. The van der Waals surface area contributed by atoms with Gasteiger partial charge in [0.2, 0.25) is 0 Å². The number of carbonyl (C=O) groups excluding carboxylic acids is 2. The van der Waals surface area contributed by atoms with Gasteiger partial charge >= 0.3 is 12.0 Å². The van der Waals surface area contributed by atoms with Gasteiger partial charge in [0.25, 0.3) is 0 Å². The van der Waals surface area contributed by atoms with Crippen LogP contribution in [0.3, 0.4) is 0 Å². The summed E-state index contributed by atoms with van der Waals surface area (Å²) in [5, 5.41) is 9.09. The van der Waals surface area contributed by atoms with Gasteiger partial charge in [0, 0.05) is 18.3 Å². The van der Waals surface area contributed by atoms with Gasteiger partial charge < -0.3 is 25.1 Å². The Bertz CT molecular complexity index is 1100. The molecule has 2 aromatic carbocycles. The maximum absolute atomic E-state index is 12.9. The second-order valence-corrected chi connectivity index (χ2v) is 7.69. The first kappa shape index (κ1) is 22.4. The predicted octanol–water partition coefficient (Wildman–Crippen LogP) is 4.02. The van der Waals surface area contributed by atoms with Gasteiger partial charge in [-0.2, -0.15) is 0 Å². The average Bonchev–Trinajstić information content (AvgIpc) is 3.37. The lowest BCUT2D eigenvalue weighted by molar-refractivity contribution is -0.139. The van der Waals surface area contributed by atoms with Crippen LogP contribution in [0.1, 0.15) is 35.9 Å². The highest BCUT2D eigenvalue weighted by Crippen LogP contribution is 2.28. The maximum atomic E-state index is 12.9. The molecule has 2 amide bonds. The summed E-state index contributed by atoms with van der Waals surface area (Å²) in [6.45, 7) is 2.24. The topological polar surface area (TPSA) is 92.6 Å². The summed E-state index contributed by atoms with van der Waals surface area (Å²) < 4.78 is 10.8. The molecule has 2 atom stereocenters. The molecule has 0 saturated heterocycles. The molecule has 2 heterocycles. The van der Waals surface area contributed by atoms with Crippen molar-refractivity contribution in [2.45, 2.75) is 25.4 Å². The van der Waals surface area contributed by atoms with E-state index in [-0.39, 0.29) is 19.2 Å². The molecular weight excluding hydrogens is 418 g/mol. The third kappa shape index (κ3) is 5.51. The monoisotopic (exact) mass is 445 g/mol. The summed E-state index contributed by atoms with van der Waals surface area (Å²) in [6.07, 6.45) is 2.26. The van der Waals surface area contributed by atoms with Gasteiger partial charge in [-0.05, 0) is 36.6 Å². The van der Waals surface area contributed by atoms with E-state index in [0.717, 1.165) is 12.0 Å². The van der Waals surface area contributed by atoms with Crippen molar-refractivity contribution in [3.8, 4) is 0 Å². The molecule has 3 N–H and O–H groups in total. The minimum absolute atomic E-state index is 0.0293. The number of amides is 2. The molecule has 0 bridgehead atoms. The van der Waals surface area contributed by atoms with E-state index < -0.39 is 18.0 Å². The number of hydrogen-bond acceptors (Lipinski definition) is 5. The van der Waals surface area contributed by atoms with Crippen molar-refractivity contribution in [2.24, 2.45) is 0 Å². The summed E-state index contributed by atoms with van der Waals surface area (Å²) in [7, 11) is 0. The lowest BCUT2D eigenvalue weighted by atomic mass is 9.97. The van der Waals surface area contributed by atoms with Crippen molar-refractivity contribution < 1.29 is 18.7 Å². The zero-order valence-corrected chi connectivity index (χ0v) is 18.4. The number of nitrogens with one attached hydrogen (secondary N) is 3. The van der Waals surface area contributed by atoms with E-state index in [1.54, 1.807) is 19.1 Å². The number of carbonyl (C=O) groups is 2. The zero-order valence-electron chi connectivity index (χ0n) is 18.4. The van der Waals surface area contributed by atoms with Gasteiger partial charge in [-0.3, -0.25) is 0 Å². The number of furan rings is 1. The number of hydrogen-bond donors (Lipinski definition) is 3. The fraction of sp³-hybridized carbons (Fsp3) is 0.231. The second kappa shape index (κ2) is 10.7. The van der Waals surface area contributed by atoms with E-state index in [1.807, 2.05) is 36.4 Å². The molecule has 7 nitrogen and oxygen atoms in total. The van der Waals surface area contributed by atoms with Crippen LogP contribution in [-0.2, 0) is 16.0 Å². The first-order valence-electron chi connectivity index (χ1n) is 11.0. The third-order valence-corrected chi connectivity index (χ3v) is 5.49. The molecule has 7 heteroatoms. The van der Waals surface area contributed by atoms with Crippen molar-refractivity contribution in [1.29, 1.82) is 0 Å². The van der Waals surface area contributed by atoms with E-state index >= 15 is 0 Å². The van der Waals surface area contributed by atoms with Crippen LogP contribution in [0, 0.1) is 0 Å². The Labute approximate surface area is 192 Å². The lowest BCUT2D eigenvalue weighted by Crippen LogP contribution is -2.48. The molecule has 1 aromatic heterocycles. The molecule has 0 saturated carbocycles. The summed E-state index contributed by atoms with van der Waals surface area (Å²) >= 11 is 0. The van der Waals surface area contributed by atoms with E-state index in [2.05, 4.69) is 40.2 Å². The van der Waals surface area contributed by atoms with E-state index in [4.69, 9.17) is 9.15 Å². The van der Waals surface area contributed by atoms with Crippen LogP contribution in [0.5, 0.6) is 0 Å². The molecule has 0 radical (unpaired) electrons. The number of benzene rings is 2. The smallest absolute Gasteiger partial charge is 0.338 e. The molecule has 33 heavy (non-hydrogen) atoms. The summed E-state index contributed by atoms with van der Waals surface area (Å²) in [5.41, 5.74) is 3.08. The molecule has 170 valence electrons. The molecule has 1 aliphatic heterocycles. The van der Waals surface area contributed by atoms with Crippen molar-refractivity contribution >= 4 is 12.0 Å². The van der Waals surface area contributed by atoms with Crippen molar-refractivity contribution in [3.63, 3.8) is 0 Å². The molecule has 1 aliphatic rings. The normalized spacial score (nSPS) is 16.6. The van der Waals surface area contributed by atoms with Crippen LogP contribution >= 0.6 is 0 Å². The number of esters is 1. The van der Waals surface area contributed by atoms with Crippen LogP contribution in [0.25, 0.3) is 0 Å². The highest BCUT2D eigenvalue weighted by Gasteiger charge is 2.35. The maximum Gasteiger partial charge on any atom is 0.338 e. The zero-order chi connectivity index (χ0) is 23.0. The summed E-state index contributed by atoms with van der Waals surface area (Å²) in [5.74, 6) is -0.0307. The van der Waals surface area contributed by atoms with Gasteiger partial charge in [-0.15, -0.1) is 0 Å².